The molecule has 0 amide bonds. The molecule has 0 aliphatic rings. The zero-order valence-electron chi connectivity index (χ0n) is 15.3. The number of sulfonamides is 1. The molecule has 4 rings (SSSR count). The van der Waals surface area contributed by atoms with E-state index in [0.717, 1.165) is 11.1 Å². The summed E-state index contributed by atoms with van der Waals surface area (Å²) in [5.74, 6) is 1.20. The molecule has 1 N–H and O–H groups in total. The highest BCUT2D eigenvalue weighted by Gasteiger charge is 2.20. The number of hydrogen-bond donors (Lipinski definition) is 1. The summed E-state index contributed by atoms with van der Waals surface area (Å²) in [6, 6.07) is 15.4. The van der Waals surface area contributed by atoms with E-state index in [1.807, 2.05) is 19.1 Å². The molecule has 2 aromatic heterocycles. The SMILES string of the molecule is COc1c(C)oc2c(-c3ccncc3)cc(NS(=O)(=O)c3ccccc3)cc12. The quantitative estimate of drug-likeness (QED) is 0.534. The Morgan fingerprint density at radius 2 is 1.75 bits per heavy atom. The summed E-state index contributed by atoms with van der Waals surface area (Å²) < 4.78 is 39.6. The molecule has 4 aromatic rings. The van der Waals surface area contributed by atoms with Crippen molar-refractivity contribution in [3.8, 4) is 16.9 Å². The van der Waals surface area contributed by atoms with Gasteiger partial charge in [0, 0.05) is 18.0 Å². The first-order valence-electron chi connectivity index (χ1n) is 8.59. The summed E-state index contributed by atoms with van der Waals surface area (Å²) in [4.78, 5) is 4.24. The van der Waals surface area contributed by atoms with Gasteiger partial charge in [0.25, 0.3) is 10.0 Å². The summed E-state index contributed by atoms with van der Waals surface area (Å²) in [7, 11) is -2.17. The molecule has 0 aliphatic carbocycles. The van der Waals surface area contributed by atoms with E-state index in [0.29, 0.717) is 28.2 Å². The molecule has 0 atom stereocenters. The monoisotopic (exact) mass is 394 g/mol. The number of anilines is 1. The van der Waals surface area contributed by atoms with Crippen LogP contribution in [0.2, 0.25) is 0 Å². The number of benzene rings is 2. The van der Waals surface area contributed by atoms with Gasteiger partial charge in [0.05, 0.1) is 23.1 Å². The van der Waals surface area contributed by atoms with E-state index in [2.05, 4.69) is 9.71 Å². The second kappa shape index (κ2) is 7.01. The summed E-state index contributed by atoms with van der Waals surface area (Å²) in [5, 5.41) is 0.695. The molecular weight excluding hydrogens is 376 g/mol. The van der Waals surface area contributed by atoms with Crippen LogP contribution in [0.5, 0.6) is 5.75 Å². The molecule has 7 heteroatoms. The molecule has 2 aromatic carbocycles. The molecule has 28 heavy (non-hydrogen) atoms. The normalized spacial score (nSPS) is 11.5. The molecule has 0 unspecified atom stereocenters. The lowest BCUT2D eigenvalue weighted by Crippen LogP contribution is -2.12. The Morgan fingerprint density at radius 3 is 2.43 bits per heavy atom. The third-order valence-electron chi connectivity index (χ3n) is 4.41. The van der Waals surface area contributed by atoms with E-state index in [1.54, 1.807) is 62.0 Å². The fourth-order valence-corrected chi connectivity index (χ4v) is 4.23. The van der Waals surface area contributed by atoms with Crippen molar-refractivity contribution in [1.29, 1.82) is 0 Å². The number of rotatable bonds is 5. The second-order valence-electron chi connectivity index (χ2n) is 6.25. The van der Waals surface area contributed by atoms with Gasteiger partial charge in [0.2, 0.25) is 0 Å². The smallest absolute Gasteiger partial charge is 0.261 e. The minimum absolute atomic E-state index is 0.191. The topological polar surface area (TPSA) is 81.4 Å². The van der Waals surface area contributed by atoms with Gasteiger partial charge in [-0.15, -0.1) is 0 Å². The van der Waals surface area contributed by atoms with Crippen molar-refractivity contribution in [3.63, 3.8) is 0 Å². The van der Waals surface area contributed by atoms with Crippen LogP contribution in [0.1, 0.15) is 5.76 Å². The third kappa shape index (κ3) is 3.20. The van der Waals surface area contributed by atoms with E-state index in [4.69, 9.17) is 9.15 Å². The van der Waals surface area contributed by atoms with Crippen molar-refractivity contribution in [1.82, 2.24) is 4.98 Å². The number of hydrogen-bond acceptors (Lipinski definition) is 5. The number of aryl methyl sites for hydroxylation is 1. The fourth-order valence-electron chi connectivity index (χ4n) is 3.17. The Hall–Kier alpha value is -3.32. The van der Waals surface area contributed by atoms with Gasteiger partial charge in [-0.3, -0.25) is 9.71 Å². The van der Waals surface area contributed by atoms with Gasteiger partial charge in [-0.25, -0.2) is 8.42 Å². The summed E-state index contributed by atoms with van der Waals surface area (Å²) in [6.45, 7) is 1.81. The van der Waals surface area contributed by atoms with E-state index in [1.165, 1.54) is 0 Å². The van der Waals surface area contributed by atoms with Gasteiger partial charge in [-0.1, -0.05) is 18.2 Å². The van der Waals surface area contributed by atoms with Crippen LogP contribution in [0, 0.1) is 6.92 Å². The number of methoxy groups -OCH3 is 1. The standard InChI is InChI=1S/C21H18N2O4S/c1-14-20(26-2)19-13-16(23-28(24,25)17-6-4-3-5-7-17)12-18(21(19)27-14)15-8-10-22-11-9-15/h3-13,23H,1-2H3. The third-order valence-corrected chi connectivity index (χ3v) is 5.81. The van der Waals surface area contributed by atoms with Gasteiger partial charge >= 0.3 is 0 Å². The van der Waals surface area contributed by atoms with E-state index < -0.39 is 10.0 Å². The first-order valence-corrected chi connectivity index (χ1v) is 10.1. The van der Waals surface area contributed by atoms with Crippen LogP contribution in [-0.2, 0) is 10.0 Å². The van der Waals surface area contributed by atoms with Crippen molar-refractivity contribution in [2.75, 3.05) is 11.8 Å². The van der Waals surface area contributed by atoms with Crippen molar-refractivity contribution in [2.24, 2.45) is 0 Å². The Bertz CT molecular complexity index is 1230. The van der Waals surface area contributed by atoms with Crippen LogP contribution in [0.3, 0.4) is 0 Å². The summed E-state index contributed by atoms with van der Waals surface area (Å²) >= 11 is 0. The van der Waals surface area contributed by atoms with Crippen molar-refractivity contribution in [3.05, 3.63) is 72.8 Å². The van der Waals surface area contributed by atoms with E-state index in [9.17, 15) is 8.42 Å². The maximum atomic E-state index is 12.8. The van der Waals surface area contributed by atoms with Gasteiger partial charge in [-0.2, -0.15) is 0 Å². The zero-order valence-corrected chi connectivity index (χ0v) is 16.2. The van der Waals surface area contributed by atoms with Crippen molar-refractivity contribution in [2.45, 2.75) is 11.8 Å². The molecule has 0 bridgehead atoms. The molecule has 0 aliphatic heterocycles. The molecule has 142 valence electrons. The van der Waals surface area contributed by atoms with Crippen LogP contribution in [-0.4, -0.2) is 20.5 Å². The lowest BCUT2D eigenvalue weighted by atomic mass is 10.0. The predicted molar refractivity (Wildman–Crippen MR) is 108 cm³/mol. The lowest BCUT2D eigenvalue weighted by Gasteiger charge is -2.11. The van der Waals surface area contributed by atoms with Gasteiger partial charge in [-0.05, 0) is 48.9 Å². The number of aromatic nitrogens is 1. The molecule has 0 fully saturated rings. The van der Waals surface area contributed by atoms with Gasteiger partial charge in [0.1, 0.15) is 11.3 Å². The number of nitrogens with one attached hydrogen (secondary N) is 1. The van der Waals surface area contributed by atoms with E-state index >= 15 is 0 Å². The highest BCUT2D eigenvalue weighted by molar-refractivity contribution is 7.92. The number of nitrogens with zero attached hydrogens (tertiary/aromatic N) is 1. The maximum Gasteiger partial charge on any atom is 0.261 e. The number of ether oxygens (including phenoxy) is 1. The number of fused-ring (bicyclic) bond motifs is 1. The lowest BCUT2D eigenvalue weighted by molar-refractivity contribution is 0.402. The second-order valence-corrected chi connectivity index (χ2v) is 7.93. The largest absolute Gasteiger partial charge is 0.492 e. The van der Waals surface area contributed by atoms with Crippen molar-refractivity contribution < 1.29 is 17.6 Å². The van der Waals surface area contributed by atoms with Crippen molar-refractivity contribution >= 4 is 26.7 Å². The predicted octanol–water partition coefficient (Wildman–Crippen LogP) is 4.61. The molecule has 0 saturated heterocycles. The highest BCUT2D eigenvalue weighted by Crippen LogP contribution is 2.40. The average molecular weight is 394 g/mol. The number of pyridine rings is 1. The maximum absolute atomic E-state index is 12.8. The highest BCUT2D eigenvalue weighted by atomic mass is 32.2. The number of furan rings is 1. The molecule has 2 heterocycles. The first kappa shape index (κ1) is 18.1. The van der Waals surface area contributed by atoms with Crippen LogP contribution >= 0.6 is 0 Å². The Labute approximate surface area is 162 Å². The van der Waals surface area contributed by atoms with Crippen LogP contribution < -0.4 is 9.46 Å². The molecule has 6 nitrogen and oxygen atoms in total. The molecule has 0 saturated carbocycles. The molecule has 0 spiro atoms. The Kier molecular flexibility index (Phi) is 4.52. The molecule has 0 radical (unpaired) electrons. The fraction of sp³-hybridized carbons (Fsp3) is 0.0952. The van der Waals surface area contributed by atoms with Gasteiger partial charge in [0.15, 0.2) is 5.75 Å². The zero-order chi connectivity index (χ0) is 19.7. The van der Waals surface area contributed by atoms with E-state index in [-0.39, 0.29) is 4.90 Å². The summed E-state index contributed by atoms with van der Waals surface area (Å²) in [5.41, 5.74) is 2.65. The molecular formula is C21H18N2O4S. The van der Waals surface area contributed by atoms with Crippen LogP contribution in [0.25, 0.3) is 22.1 Å². The summed E-state index contributed by atoms with van der Waals surface area (Å²) in [6.07, 6.45) is 3.35. The average Bonchev–Trinajstić information content (AvgIpc) is 3.03. The Morgan fingerprint density at radius 1 is 1.04 bits per heavy atom. The minimum atomic E-state index is -3.73. The van der Waals surface area contributed by atoms with Gasteiger partial charge < -0.3 is 9.15 Å². The first-order chi connectivity index (χ1) is 13.5. The Balaban J connectivity index is 1.90. The minimum Gasteiger partial charge on any atom is -0.492 e. The van der Waals surface area contributed by atoms with Crippen LogP contribution in [0.4, 0.5) is 5.69 Å². The van der Waals surface area contributed by atoms with Crippen LogP contribution in [0.15, 0.2) is 76.3 Å².